The first kappa shape index (κ1) is 24.0. The van der Waals surface area contributed by atoms with Crippen molar-refractivity contribution in [2.45, 2.75) is 38.5 Å². The van der Waals surface area contributed by atoms with E-state index in [0.717, 1.165) is 19.9 Å². The maximum atomic E-state index is 14.3. The van der Waals surface area contributed by atoms with Gasteiger partial charge in [-0.25, -0.2) is 0 Å². The molecule has 3 N–H and O–H groups in total. The monoisotopic (exact) mass is 448 g/mol. The molecule has 11 heteroatoms. The predicted molar refractivity (Wildman–Crippen MR) is 101 cm³/mol. The number of hydrogen-bond acceptors (Lipinski definition) is 3. The topological polar surface area (TPSA) is 78.4 Å². The van der Waals surface area contributed by atoms with Crippen LogP contribution in [-0.2, 0) is 15.0 Å². The highest BCUT2D eigenvalue weighted by Gasteiger charge is 2.72. The Balaban J connectivity index is 2.94. The Morgan fingerprint density at radius 3 is 1.65 bits per heavy atom. The van der Waals surface area contributed by atoms with Crippen LogP contribution >= 0.6 is 0 Å². The average Bonchev–Trinajstić information content (AvgIpc) is 2.57. The van der Waals surface area contributed by atoms with Crippen molar-refractivity contribution in [1.82, 2.24) is 0 Å². The van der Waals surface area contributed by atoms with Crippen LogP contribution in [0.1, 0.15) is 30.5 Å². The lowest BCUT2D eigenvalue weighted by molar-refractivity contribution is -0.288. The summed E-state index contributed by atoms with van der Waals surface area (Å²) in [5.41, 5.74) is -7.56. The molecule has 2 amide bonds. The smallest absolute Gasteiger partial charge is 0.411 e. The van der Waals surface area contributed by atoms with Crippen molar-refractivity contribution in [2.24, 2.45) is 0 Å². The van der Waals surface area contributed by atoms with E-state index >= 15 is 0 Å². The number of phenolic OH excluding ortho intramolecular Hbond substituents is 1. The molecule has 0 saturated carbocycles. The van der Waals surface area contributed by atoms with E-state index < -0.39 is 52.1 Å². The first-order valence-corrected chi connectivity index (χ1v) is 8.74. The Labute approximate surface area is 173 Å². The molecule has 0 aromatic heterocycles. The molecule has 0 aliphatic heterocycles. The number of alkyl halides is 6. The van der Waals surface area contributed by atoms with Crippen molar-refractivity contribution in [3.63, 3.8) is 0 Å². The minimum absolute atomic E-state index is 0.219. The second-order valence-corrected chi connectivity index (χ2v) is 6.87. The van der Waals surface area contributed by atoms with Gasteiger partial charge in [-0.15, -0.1) is 0 Å². The van der Waals surface area contributed by atoms with E-state index in [0.29, 0.717) is 30.3 Å². The molecule has 0 radical (unpaired) electrons. The van der Waals surface area contributed by atoms with Gasteiger partial charge in [0.25, 0.3) is 0 Å². The molecule has 0 unspecified atom stereocenters. The molecule has 0 atom stereocenters. The fourth-order valence-electron chi connectivity index (χ4n) is 3.22. The van der Waals surface area contributed by atoms with Gasteiger partial charge in [0.2, 0.25) is 17.2 Å². The van der Waals surface area contributed by atoms with Gasteiger partial charge in [0.1, 0.15) is 5.75 Å². The highest BCUT2D eigenvalue weighted by molar-refractivity contribution is 5.91. The minimum atomic E-state index is -5.88. The third-order valence-corrected chi connectivity index (χ3v) is 4.57. The Hall–Kier alpha value is -3.24. The summed E-state index contributed by atoms with van der Waals surface area (Å²) in [6.07, 6.45) is -11.8. The van der Waals surface area contributed by atoms with Crippen LogP contribution in [0.15, 0.2) is 36.4 Å². The van der Waals surface area contributed by atoms with Gasteiger partial charge in [-0.3, -0.25) is 9.59 Å². The second kappa shape index (κ2) is 8.12. The standard InChI is InChI=1S/C20H18F6N2O3/c1-10-4-5-13(8-15(10)27-11(2)29)18(19(21,22)23,20(24,25)26)14-6-7-17(31)16(9-14)28-12(3)30/h4-9,31H,1-3H3,(H,27,29)(H,28,30). The van der Waals surface area contributed by atoms with Crippen LogP contribution < -0.4 is 10.6 Å². The van der Waals surface area contributed by atoms with Gasteiger partial charge in [0, 0.05) is 19.5 Å². The van der Waals surface area contributed by atoms with Crippen molar-refractivity contribution in [3.8, 4) is 5.75 Å². The van der Waals surface area contributed by atoms with Gasteiger partial charge in [0.05, 0.1) is 5.69 Å². The summed E-state index contributed by atoms with van der Waals surface area (Å²) < 4.78 is 85.6. The Morgan fingerprint density at radius 1 is 0.774 bits per heavy atom. The third-order valence-electron chi connectivity index (χ3n) is 4.57. The normalized spacial score (nSPS) is 12.4. The number of anilines is 2. The van der Waals surface area contributed by atoms with Gasteiger partial charge in [-0.1, -0.05) is 18.2 Å². The van der Waals surface area contributed by atoms with E-state index in [1.54, 1.807) is 0 Å². The summed E-state index contributed by atoms with van der Waals surface area (Å²) in [6, 6.07) is 3.86. The molecule has 0 aliphatic carbocycles. The highest BCUT2D eigenvalue weighted by atomic mass is 19.4. The van der Waals surface area contributed by atoms with Crippen LogP contribution in [0.4, 0.5) is 37.7 Å². The number of phenols is 1. The predicted octanol–water partition coefficient (Wildman–Crippen LogP) is 5.03. The summed E-state index contributed by atoms with van der Waals surface area (Å²) in [5.74, 6) is -2.19. The molecule has 0 fully saturated rings. The number of aromatic hydroxyl groups is 1. The molecule has 2 rings (SSSR count). The Kier molecular flexibility index (Phi) is 6.30. The number of carbonyl (C=O) groups is 2. The SMILES string of the molecule is CC(=O)Nc1cc(C(c2ccc(O)c(NC(C)=O)c2)(C(F)(F)F)C(F)(F)F)ccc1C. The number of halogens is 6. The highest BCUT2D eigenvalue weighted by Crippen LogP contribution is 2.57. The lowest BCUT2D eigenvalue weighted by atomic mass is 9.72. The first-order valence-electron chi connectivity index (χ1n) is 8.74. The minimum Gasteiger partial charge on any atom is -0.506 e. The van der Waals surface area contributed by atoms with Crippen LogP contribution in [0.25, 0.3) is 0 Å². The summed E-state index contributed by atoms with van der Waals surface area (Å²) in [6.45, 7) is 3.45. The second-order valence-electron chi connectivity index (χ2n) is 6.87. The van der Waals surface area contributed by atoms with E-state index in [1.165, 1.54) is 6.92 Å². The Morgan fingerprint density at radius 2 is 1.19 bits per heavy atom. The largest absolute Gasteiger partial charge is 0.506 e. The van der Waals surface area contributed by atoms with Gasteiger partial charge >= 0.3 is 12.4 Å². The van der Waals surface area contributed by atoms with E-state index in [4.69, 9.17) is 0 Å². The lowest BCUT2D eigenvalue weighted by Crippen LogP contribution is -2.54. The summed E-state index contributed by atoms with van der Waals surface area (Å²) in [7, 11) is 0. The van der Waals surface area contributed by atoms with E-state index in [-0.39, 0.29) is 11.3 Å². The molecule has 0 bridgehead atoms. The zero-order valence-electron chi connectivity index (χ0n) is 16.5. The van der Waals surface area contributed by atoms with Gasteiger partial charge in [-0.05, 0) is 41.8 Å². The number of carbonyl (C=O) groups excluding carboxylic acids is 2. The van der Waals surface area contributed by atoms with Crippen molar-refractivity contribution in [2.75, 3.05) is 10.6 Å². The van der Waals surface area contributed by atoms with Crippen LogP contribution in [0, 0.1) is 6.92 Å². The number of hydrogen-bond donors (Lipinski definition) is 3. The molecule has 5 nitrogen and oxygen atoms in total. The molecular weight excluding hydrogens is 430 g/mol. The summed E-state index contributed by atoms with van der Waals surface area (Å²) in [4.78, 5) is 22.6. The molecular formula is C20H18F6N2O3. The molecule has 0 aliphatic rings. The van der Waals surface area contributed by atoms with Gasteiger partial charge in [-0.2, -0.15) is 26.3 Å². The van der Waals surface area contributed by atoms with Crippen molar-refractivity contribution >= 4 is 23.2 Å². The number of nitrogens with one attached hydrogen (secondary N) is 2. The van der Waals surface area contributed by atoms with Crippen molar-refractivity contribution < 1.29 is 41.0 Å². The number of rotatable bonds is 4. The van der Waals surface area contributed by atoms with Crippen LogP contribution in [0.3, 0.4) is 0 Å². The molecule has 31 heavy (non-hydrogen) atoms. The molecule has 168 valence electrons. The van der Waals surface area contributed by atoms with Crippen LogP contribution in [-0.4, -0.2) is 29.3 Å². The van der Waals surface area contributed by atoms with Crippen LogP contribution in [0.5, 0.6) is 5.75 Å². The summed E-state index contributed by atoms with van der Waals surface area (Å²) in [5, 5.41) is 14.0. The van der Waals surface area contributed by atoms with E-state index in [1.807, 2.05) is 5.32 Å². The quantitative estimate of drug-likeness (QED) is 0.454. The number of benzene rings is 2. The lowest BCUT2D eigenvalue weighted by Gasteiger charge is -2.38. The Bertz CT molecular complexity index is 933. The number of amides is 2. The fourth-order valence-corrected chi connectivity index (χ4v) is 3.22. The van der Waals surface area contributed by atoms with Gasteiger partial charge in [0.15, 0.2) is 0 Å². The van der Waals surface area contributed by atoms with Crippen LogP contribution in [0.2, 0.25) is 0 Å². The maximum absolute atomic E-state index is 14.3. The molecule has 0 saturated heterocycles. The average molecular weight is 448 g/mol. The molecule has 0 spiro atoms. The van der Waals surface area contributed by atoms with E-state index in [9.17, 15) is 41.0 Å². The molecule has 2 aromatic carbocycles. The van der Waals surface area contributed by atoms with Crippen molar-refractivity contribution in [1.29, 1.82) is 0 Å². The fraction of sp³-hybridized carbons (Fsp3) is 0.300. The third kappa shape index (κ3) is 4.44. The zero-order valence-corrected chi connectivity index (χ0v) is 16.5. The summed E-state index contributed by atoms with van der Waals surface area (Å²) >= 11 is 0. The molecule has 0 heterocycles. The zero-order chi connectivity index (χ0) is 23.8. The van der Waals surface area contributed by atoms with E-state index in [2.05, 4.69) is 5.32 Å². The number of aryl methyl sites for hydroxylation is 1. The van der Waals surface area contributed by atoms with Crippen molar-refractivity contribution in [3.05, 3.63) is 53.1 Å². The maximum Gasteiger partial charge on any atom is 0.411 e. The first-order chi connectivity index (χ1) is 14.1. The molecule has 2 aromatic rings. The van der Waals surface area contributed by atoms with Gasteiger partial charge < -0.3 is 15.7 Å².